The number of carbonyl (C=O) groups excluding carboxylic acids is 1. The van der Waals surface area contributed by atoms with Gasteiger partial charge in [-0.15, -0.1) is 0 Å². The van der Waals surface area contributed by atoms with Crippen LogP contribution in [0.1, 0.15) is 27.0 Å². The number of carbonyl (C=O) groups is 1. The van der Waals surface area contributed by atoms with Crippen LogP contribution in [0.4, 0.5) is 0 Å². The summed E-state index contributed by atoms with van der Waals surface area (Å²) in [6, 6.07) is 9.39. The standard InChI is InChI=1S/C18H19BrO3/c1-12-4-5-13(2)18(14(12)3)22-9-8-21-17-7-6-15(11-20)10-16(17)19/h4-7,10-11H,8-9H2,1-3H3. The fourth-order valence-electron chi connectivity index (χ4n) is 2.15. The molecule has 0 N–H and O–H groups in total. The third-order valence-electron chi connectivity index (χ3n) is 3.55. The van der Waals surface area contributed by atoms with Crippen molar-refractivity contribution in [2.75, 3.05) is 13.2 Å². The first kappa shape index (κ1) is 16.6. The molecule has 0 fully saturated rings. The summed E-state index contributed by atoms with van der Waals surface area (Å²) in [5.74, 6) is 1.63. The highest BCUT2D eigenvalue weighted by Crippen LogP contribution is 2.27. The van der Waals surface area contributed by atoms with Gasteiger partial charge in [0.25, 0.3) is 0 Å². The third-order valence-corrected chi connectivity index (χ3v) is 4.17. The summed E-state index contributed by atoms with van der Waals surface area (Å²) in [6.07, 6.45) is 0.806. The number of aldehydes is 1. The van der Waals surface area contributed by atoms with E-state index in [4.69, 9.17) is 9.47 Å². The highest BCUT2D eigenvalue weighted by atomic mass is 79.9. The second-order valence-electron chi connectivity index (χ2n) is 5.16. The molecule has 0 amide bonds. The molecule has 2 aromatic carbocycles. The summed E-state index contributed by atoms with van der Waals surface area (Å²) in [5.41, 5.74) is 4.12. The molecule has 2 aromatic rings. The quantitative estimate of drug-likeness (QED) is 0.554. The Labute approximate surface area is 139 Å². The molecule has 2 rings (SSSR count). The van der Waals surface area contributed by atoms with E-state index in [0.717, 1.165) is 27.6 Å². The van der Waals surface area contributed by atoms with Crippen molar-refractivity contribution in [3.8, 4) is 11.5 Å². The molecular weight excluding hydrogens is 344 g/mol. The summed E-state index contributed by atoms with van der Waals surface area (Å²) in [7, 11) is 0. The molecule has 22 heavy (non-hydrogen) atoms. The average Bonchev–Trinajstić information content (AvgIpc) is 2.51. The van der Waals surface area contributed by atoms with E-state index in [2.05, 4.69) is 41.9 Å². The van der Waals surface area contributed by atoms with E-state index in [1.165, 1.54) is 5.56 Å². The molecule has 0 atom stereocenters. The maximum absolute atomic E-state index is 10.7. The van der Waals surface area contributed by atoms with Gasteiger partial charge in [-0.05, 0) is 71.6 Å². The van der Waals surface area contributed by atoms with Gasteiger partial charge in [0.05, 0.1) is 4.47 Å². The van der Waals surface area contributed by atoms with Gasteiger partial charge in [0.2, 0.25) is 0 Å². The summed E-state index contributed by atoms with van der Waals surface area (Å²) in [4.78, 5) is 10.7. The molecule has 0 aromatic heterocycles. The van der Waals surface area contributed by atoms with Gasteiger partial charge >= 0.3 is 0 Å². The molecule has 0 heterocycles. The van der Waals surface area contributed by atoms with E-state index in [9.17, 15) is 4.79 Å². The Hall–Kier alpha value is -1.81. The largest absolute Gasteiger partial charge is 0.489 e. The summed E-state index contributed by atoms with van der Waals surface area (Å²) in [5, 5.41) is 0. The number of benzene rings is 2. The van der Waals surface area contributed by atoms with Gasteiger partial charge in [0.15, 0.2) is 0 Å². The summed E-state index contributed by atoms with van der Waals surface area (Å²) < 4.78 is 12.3. The molecule has 4 heteroatoms. The van der Waals surface area contributed by atoms with Crippen LogP contribution in [0, 0.1) is 20.8 Å². The van der Waals surface area contributed by atoms with Gasteiger partial charge in [-0.1, -0.05) is 12.1 Å². The van der Waals surface area contributed by atoms with Crippen LogP contribution in [0.2, 0.25) is 0 Å². The van der Waals surface area contributed by atoms with E-state index < -0.39 is 0 Å². The van der Waals surface area contributed by atoms with Gasteiger partial charge in [0.1, 0.15) is 31.0 Å². The number of aryl methyl sites for hydroxylation is 2. The molecule has 116 valence electrons. The molecule has 0 aliphatic rings. The first-order chi connectivity index (χ1) is 10.5. The lowest BCUT2D eigenvalue weighted by Gasteiger charge is -2.14. The van der Waals surface area contributed by atoms with Gasteiger partial charge in [-0.2, -0.15) is 0 Å². The van der Waals surface area contributed by atoms with E-state index >= 15 is 0 Å². The lowest BCUT2D eigenvalue weighted by Crippen LogP contribution is -2.11. The van der Waals surface area contributed by atoms with Crippen molar-refractivity contribution in [1.29, 1.82) is 0 Å². The number of rotatable bonds is 6. The van der Waals surface area contributed by atoms with Crippen LogP contribution >= 0.6 is 15.9 Å². The van der Waals surface area contributed by atoms with Crippen molar-refractivity contribution < 1.29 is 14.3 Å². The summed E-state index contributed by atoms with van der Waals surface area (Å²) in [6.45, 7) is 7.08. The zero-order valence-electron chi connectivity index (χ0n) is 13.0. The molecule has 0 saturated carbocycles. The maximum atomic E-state index is 10.7. The number of halogens is 1. The lowest BCUT2D eigenvalue weighted by atomic mass is 10.1. The normalized spacial score (nSPS) is 10.4. The monoisotopic (exact) mass is 362 g/mol. The molecule has 3 nitrogen and oxygen atoms in total. The maximum Gasteiger partial charge on any atom is 0.150 e. The summed E-state index contributed by atoms with van der Waals surface area (Å²) >= 11 is 3.39. The van der Waals surface area contributed by atoms with Crippen LogP contribution in [0.25, 0.3) is 0 Å². The Bertz CT molecular complexity index is 680. The van der Waals surface area contributed by atoms with Crippen LogP contribution in [-0.2, 0) is 0 Å². The highest BCUT2D eigenvalue weighted by molar-refractivity contribution is 9.10. The molecule has 0 bridgehead atoms. The lowest BCUT2D eigenvalue weighted by molar-refractivity contribution is 0.112. The predicted molar refractivity (Wildman–Crippen MR) is 91.2 cm³/mol. The van der Waals surface area contributed by atoms with Crippen LogP contribution in [0.5, 0.6) is 11.5 Å². The van der Waals surface area contributed by atoms with Crippen molar-refractivity contribution in [3.05, 3.63) is 57.1 Å². The Morgan fingerprint density at radius 2 is 1.68 bits per heavy atom. The zero-order chi connectivity index (χ0) is 16.1. The van der Waals surface area contributed by atoms with Crippen LogP contribution in [0.15, 0.2) is 34.8 Å². The van der Waals surface area contributed by atoms with Crippen molar-refractivity contribution in [2.45, 2.75) is 20.8 Å². The highest BCUT2D eigenvalue weighted by Gasteiger charge is 2.07. The average molecular weight is 363 g/mol. The fraction of sp³-hybridized carbons (Fsp3) is 0.278. The second-order valence-corrected chi connectivity index (χ2v) is 6.01. The first-order valence-corrected chi connectivity index (χ1v) is 7.89. The second kappa shape index (κ2) is 7.45. The number of hydrogen-bond acceptors (Lipinski definition) is 3. The minimum atomic E-state index is 0.436. The van der Waals surface area contributed by atoms with Crippen LogP contribution in [-0.4, -0.2) is 19.5 Å². The number of ether oxygens (including phenoxy) is 2. The van der Waals surface area contributed by atoms with Gasteiger partial charge in [0, 0.05) is 5.56 Å². The molecule has 0 aliphatic heterocycles. The van der Waals surface area contributed by atoms with Crippen molar-refractivity contribution >= 4 is 22.2 Å². The molecule has 0 unspecified atom stereocenters. The van der Waals surface area contributed by atoms with Crippen molar-refractivity contribution in [1.82, 2.24) is 0 Å². The van der Waals surface area contributed by atoms with Crippen molar-refractivity contribution in [3.63, 3.8) is 0 Å². The fourth-order valence-corrected chi connectivity index (χ4v) is 2.66. The van der Waals surface area contributed by atoms with E-state index in [1.54, 1.807) is 18.2 Å². The molecule has 0 aliphatic carbocycles. The molecular formula is C18H19BrO3. The Morgan fingerprint density at radius 3 is 2.36 bits per heavy atom. The molecule has 0 saturated heterocycles. The van der Waals surface area contributed by atoms with Gasteiger partial charge in [-0.25, -0.2) is 0 Å². The van der Waals surface area contributed by atoms with Crippen LogP contribution < -0.4 is 9.47 Å². The van der Waals surface area contributed by atoms with Gasteiger partial charge in [-0.3, -0.25) is 4.79 Å². The minimum Gasteiger partial charge on any atom is -0.489 e. The van der Waals surface area contributed by atoms with E-state index in [0.29, 0.717) is 24.5 Å². The SMILES string of the molecule is Cc1ccc(C)c(OCCOc2ccc(C=O)cc2Br)c1C. The first-order valence-electron chi connectivity index (χ1n) is 7.10. The third kappa shape index (κ3) is 3.89. The van der Waals surface area contributed by atoms with Gasteiger partial charge < -0.3 is 9.47 Å². The topological polar surface area (TPSA) is 35.5 Å². The van der Waals surface area contributed by atoms with E-state index in [1.807, 2.05) is 6.92 Å². The molecule has 0 radical (unpaired) electrons. The Morgan fingerprint density at radius 1 is 1.00 bits per heavy atom. The van der Waals surface area contributed by atoms with Crippen molar-refractivity contribution in [2.24, 2.45) is 0 Å². The zero-order valence-corrected chi connectivity index (χ0v) is 14.6. The Kier molecular flexibility index (Phi) is 5.61. The smallest absolute Gasteiger partial charge is 0.150 e. The minimum absolute atomic E-state index is 0.436. The van der Waals surface area contributed by atoms with E-state index in [-0.39, 0.29) is 0 Å². The van der Waals surface area contributed by atoms with Crippen LogP contribution in [0.3, 0.4) is 0 Å². The predicted octanol–water partition coefficient (Wildman–Crippen LogP) is 4.64. The molecule has 0 spiro atoms. The number of hydrogen-bond donors (Lipinski definition) is 0. The Balaban J connectivity index is 1.93.